The van der Waals surface area contributed by atoms with Crippen LogP contribution in [0.1, 0.15) is 33.1 Å². The monoisotopic (exact) mass is 293 g/mol. The van der Waals surface area contributed by atoms with Crippen molar-refractivity contribution in [3.05, 3.63) is 11.8 Å². The van der Waals surface area contributed by atoms with E-state index in [0.29, 0.717) is 39.1 Å². The highest BCUT2D eigenvalue weighted by Gasteiger charge is 2.25. The third kappa shape index (κ3) is 5.46. The number of amides is 1. The molecule has 21 heavy (non-hydrogen) atoms. The number of nitrogens with zero attached hydrogens (tertiary/aromatic N) is 2. The summed E-state index contributed by atoms with van der Waals surface area (Å²) in [5.74, 6) is -0.566. The highest BCUT2D eigenvalue weighted by Crippen LogP contribution is 2.19. The van der Waals surface area contributed by atoms with E-state index in [-0.39, 0.29) is 23.4 Å². The lowest BCUT2D eigenvalue weighted by Crippen LogP contribution is -2.35. The summed E-state index contributed by atoms with van der Waals surface area (Å²) in [6.07, 6.45) is 3.79. The molecule has 0 saturated carbocycles. The maximum Gasteiger partial charge on any atom is 0.309 e. The zero-order valence-corrected chi connectivity index (χ0v) is 12.7. The van der Waals surface area contributed by atoms with Crippen molar-refractivity contribution in [2.24, 2.45) is 5.92 Å². The molecule has 0 bridgehead atoms. The standard InChI is InChI=1S/C15H23N3O3/c1-3-7-17-14(19)13(10-16)11-18-8-5-12(6-9-18)15(20)21-4-2/h11-12H,3-9H2,1-2H3,(H,17,19)/b13-11-. The van der Waals surface area contributed by atoms with Gasteiger partial charge in [0, 0.05) is 25.8 Å². The molecule has 1 amide bonds. The zero-order chi connectivity index (χ0) is 15.7. The van der Waals surface area contributed by atoms with Crippen LogP contribution in [0, 0.1) is 17.2 Å². The smallest absolute Gasteiger partial charge is 0.309 e. The van der Waals surface area contributed by atoms with E-state index in [0.717, 1.165) is 6.42 Å². The van der Waals surface area contributed by atoms with E-state index < -0.39 is 0 Å². The molecule has 116 valence electrons. The molecule has 6 heteroatoms. The maximum absolute atomic E-state index is 11.8. The average Bonchev–Trinajstić information content (AvgIpc) is 2.51. The lowest BCUT2D eigenvalue weighted by atomic mass is 9.97. The van der Waals surface area contributed by atoms with Crippen LogP contribution in [0.15, 0.2) is 11.8 Å². The molecule has 6 nitrogen and oxygen atoms in total. The van der Waals surface area contributed by atoms with E-state index in [1.807, 2.05) is 17.9 Å². The Morgan fingerprint density at radius 2 is 2.05 bits per heavy atom. The van der Waals surface area contributed by atoms with Gasteiger partial charge in [0.1, 0.15) is 11.6 Å². The quantitative estimate of drug-likeness (QED) is 0.452. The number of esters is 1. The van der Waals surface area contributed by atoms with Gasteiger partial charge in [-0.25, -0.2) is 0 Å². The van der Waals surface area contributed by atoms with Crippen LogP contribution in [0.5, 0.6) is 0 Å². The van der Waals surface area contributed by atoms with Crippen molar-refractivity contribution >= 4 is 11.9 Å². The van der Waals surface area contributed by atoms with Crippen molar-refractivity contribution in [1.82, 2.24) is 10.2 Å². The van der Waals surface area contributed by atoms with E-state index >= 15 is 0 Å². The molecule has 0 aromatic rings. The molecule has 0 aliphatic carbocycles. The van der Waals surface area contributed by atoms with Crippen LogP contribution in [0.3, 0.4) is 0 Å². The average molecular weight is 293 g/mol. The van der Waals surface area contributed by atoms with Gasteiger partial charge in [0.05, 0.1) is 12.5 Å². The number of rotatable bonds is 6. The number of carbonyl (C=O) groups is 2. The van der Waals surface area contributed by atoms with Crippen molar-refractivity contribution in [2.45, 2.75) is 33.1 Å². The molecule has 0 radical (unpaired) electrons. The Kier molecular flexibility index (Phi) is 7.30. The van der Waals surface area contributed by atoms with Gasteiger partial charge in [-0.2, -0.15) is 5.26 Å². The fourth-order valence-electron chi connectivity index (χ4n) is 2.18. The molecule has 0 atom stereocenters. The summed E-state index contributed by atoms with van der Waals surface area (Å²) in [5, 5.41) is 11.7. The third-order valence-electron chi connectivity index (χ3n) is 3.36. The van der Waals surface area contributed by atoms with Gasteiger partial charge in [0.2, 0.25) is 0 Å². The van der Waals surface area contributed by atoms with Gasteiger partial charge < -0.3 is 15.0 Å². The fourth-order valence-corrected chi connectivity index (χ4v) is 2.18. The van der Waals surface area contributed by atoms with Crippen LogP contribution in [0.25, 0.3) is 0 Å². The van der Waals surface area contributed by atoms with E-state index in [1.54, 1.807) is 13.1 Å². The van der Waals surface area contributed by atoms with Crippen LogP contribution < -0.4 is 5.32 Å². The Bertz CT molecular complexity index is 432. The number of ether oxygens (including phenoxy) is 1. The molecule has 0 spiro atoms. The van der Waals surface area contributed by atoms with Gasteiger partial charge in [-0.15, -0.1) is 0 Å². The molecule has 1 N–H and O–H groups in total. The Morgan fingerprint density at radius 3 is 2.57 bits per heavy atom. The highest BCUT2D eigenvalue weighted by atomic mass is 16.5. The fraction of sp³-hybridized carbons (Fsp3) is 0.667. The Hall–Kier alpha value is -2.03. The van der Waals surface area contributed by atoms with Crippen LogP contribution >= 0.6 is 0 Å². The number of carbonyl (C=O) groups excluding carboxylic acids is 2. The maximum atomic E-state index is 11.8. The molecule has 1 aliphatic heterocycles. The van der Waals surface area contributed by atoms with E-state index in [2.05, 4.69) is 5.32 Å². The first-order chi connectivity index (χ1) is 10.1. The second kappa shape index (κ2) is 9.01. The van der Waals surface area contributed by atoms with Crippen molar-refractivity contribution in [3.8, 4) is 6.07 Å². The number of piperidine rings is 1. The first-order valence-corrected chi connectivity index (χ1v) is 7.43. The third-order valence-corrected chi connectivity index (χ3v) is 3.36. The largest absolute Gasteiger partial charge is 0.466 e. The normalized spacial score (nSPS) is 16.2. The second-order valence-corrected chi connectivity index (χ2v) is 4.97. The first kappa shape index (κ1) is 17.0. The number of hydrogen-bond acceptors (Lipinski definition) is 5. The Labute approximate surface area is 125 Å². The molecule has 1 rings (SSSR count). The summed E-state index contributed by atoms with van der Waals surface area (Å²) in [6, 6.07) is 1.93. The molecular formula is C15H23N3O3. The summed E-state index contributed by atoms with van der Waals surface area (Å²) < 4.78 is 5.01. The van der Waals surface area contributed by atoms with Crippen LogP contribution in [-0.4, -0.2) is 43.0 Å². The predicted octanol–water partition coefficient (Wildman–Crippen LogP) is 1.20. The lowest BCUT2D eigenvalue weighted by molar-refractivity contribution is -0.149. The van der Waals surface area contributed by atoms with Crippen LogP contribution in [0.4, 0.5) is 0 Å². The second-order valence-electron chi connectivity index (χ2n) is 4.97. The molecule has 0 unspecified atom stereocenters. The Morgan fingerprint density at radius 1 is 1.38 bits per heavy atom. The minimum absolute atomic E-state index is 0.0750. The summed E-state index contributed by atoms with van der Waals surface area (Å²) >= 11 is 0. The molecule has 1 fully saturated rings. The SMILES string of the molecule is CCCNC(=O)/C(C#N)=C\N1CCC(C(=O)OCC)CC1. The van der Waals surface area contributed by atoms with Crippen molar-refractivity contribution in [1.29, 1.82) is 5.26 Å². The zero-order valence-electron chi connectivity index (χ0n) is 12.7. The topological polar surface area (TPSA) is 82.4 Å². The number of nitriles is 1. The predicted molar refractivity (Wildman–Crippen MR) is 77.9 cm³/mol. The molecular weight excluding hydrogens is 270 g/mol. The molecule has 0 aromatic carbocycles. The minimum Gasteiger partial charge on any atom is -0.466 e. The molecule has 1 saturated heterocycles. The van der Waals surface area contributed by atoms with Gasteiger partial charge in [-0.3, -0.25) is 9.59 Å². The Balaban J connectivity index is 2.52. The van der Waals surface area contributed by atoms with E-state index in [4.69, 9.17) is 10.00 Å². The number of nitrogens with one attached hydrogen (secondary N) is 1. The van der Waals surface area contributed by atoms with Gasteiger partial charge in [-0.05, 0) is 26.2 Å². The van der Waals surface area contributed by atoms with Gasteiger partial charge in [0.25, 0.3) is 5.91 Å². The summed E-state index contributed by atoms with van der Waals surface area (Å²) in [6.45, 7) is 6.00. The molecule has 0 aromatic heterocycles. The van der Waals surface area contributed by atoms with E-state index in [9.17, 15) is 9.59 Å². The first-order valence-electron chi connectivity index (χ1n) is 7.43. The minimum atomic E-state index is -0.341. The highest BCUT2D eigenvalue weighted by molar-refractivity contribution is 5.97. The summed E-state index contributed by atoms with van der Waals surface area (Å²) in [4.78, 5) is 25.3. The number of hydrogen-bond donors (Lipinski definition) is 1. The lowest BCUT2D eigenvalue weighted by Gasteiger charge is -2.30. The molecule has 1 heterocycles. The summed E-state index contributed by atoms with van der Waals surface area (Å²) in [7, 11) is 0. The van der Waals surface area contributed by atoms with Crippen molar-refractivity contribution in [2.75, 3.05) is 26.2 Å². The van der Waals surface area contributed by atoms with Crippen molar-refractivity contribution in [3.63, 3.8) is 0 Å². The summed E-state index contributed by atoms with van der Waals surface area (Å²) in [5.41, 5.74) is 0.109. The van der Waals surface area contributed by atoms with Gasteiger partial charge in [0.15, 0.2) is 0 Å². The van der Waals surface area contributed by atoms with Gasteiger partial charge >= 0.3 is 5.97 Å². The molecule has 1 aliphatic rings. The van der Waals surface area contributed by atoms with Crippen LogP contribution in [0.2, 0.25) is 0 Å². The van der Waals surface area contributed by atoms with Crippen LogP contribution in [-0.2, 0) is 14.3 Å². The number of likely N-dealkylation sites (tertiary alicyclic amines) is 1. The van der Waals surface area contributed by atoms with E-state index in [1.165, 1.54) is 0 Å². The van der Waals surface area contributed by atoms with Crippen molar-refractivity contribution < 1.29 is 14.3 Å². The van der Waals surface area contributed by atoms with Gasteiger partial charge in [-0.1, -0.05) is 6.92 Å².